The number of nitrogens with one attached hydrogen (secondary N) is 1. The Balaban J connectivity index is 1.76. The lowest BCUT2D eigenvalue weighted by atomic mass is 10.1. The maximum absolute atomic E-state index is 11.8. The number of nitrogens with zero attached hydrogens (tertiary/aromatic N) is 1. The molecule has 114 valence electrons. The van der Waals surface area contributed by atoms with Crippen LogP contribution in [0.2, 0.25) is 0 Å². The number of benzene rings is 2. The monoisotopic (exact) mass is 296 g/mol. The van der Waals surface area contributed by atoms with Gasteiger partial charge in [0.2, 0.25) is 5.91 Å². The Bertz CT molecular complexity index is 625. The van der Waals surface area contributed by atoms with Crippen LogP contribution < -0.4 is 5.32 Å². The maximum atomic E-state index is 11.8. The van der Waals surface area contributed by atoms with Crippen molar-refractivity contribution in [3.8, 4) is 0 Å². The van der Waals surface area contributed by atoms with Gasteiger partial charge in [-0.3, -0.25) is 9.69 Å². The van der Waals surface area contributed by atoms with Gasteiger partial charge in [-0.25, -0.2) is 0 Å². The van der Waals surface area contributed by atoms with E-state index < -0.39 is 0 Å². The lowest BCUT2D eigenvalue weighted by molar-refractivity contribution is -0.118. The number of hydrogen-bond donors (Lipinski definition) is 1. The quantitative estimate of drug-likeness (QED) is 0.921. The van der Waals surface area contributed by atoms with E-state index in [1.165, 1.54) is 5.56 Å². The van der Waals surface area contributed by atoms with Crippen LogP contribution in [0.15, 0.2) is 54.6 Å². The van der Waals surface area contributed by atoms with E-state index in [0.717, 1.165) is 17.7 Å². The summed E-state index contributed by atoms with van der Waals surface area (Å²) in [6, 6.07) is 18.4. The van der Waals surface area contributed by atoms with Crippen LogP contribution in [0.5, 0.6) is 0 Å². The smallest absolute Gasteiger partial charge is 0.235 e. The number of rotatable bonds is 5. The van der Waals surface area contributed by atoms with Crippen molar-refractivity contribution in [3.05, 3.63) is 71.3 Å². The molecule has 22 heavy (non-hydrogen) atoms. The van der Waals surface area contributed by atoms with E-state index in [9.17, 15) is 4.79 Å². The number of carbonyl (C=O) groups is 1. The van der Waals surface area contributed by atoms with Crippen LogP contribution >= 0.6 is 0 Å². The summed E-state index contributed by atoms with van der Waals surface area (Å²) < 4.78 is 5.13. The fraction of sp³-hybridized carbons (Fsp3) is 0.278. The van der Waals surface area contributed by atoms with Crippen molar-refractivity contribution in [1.82, 2.24) is 10.2 Å². The van der Waals surface area contributed by atoms with Crippen LogP contribution in [0.4, 0.5) is 0 Å². The van der Waals surface area contributed by atoms with Crippen molar-refractivity contribution in [2.24, 2.45) is 0 Å². The van der Waals surface area contributed by atoms with E-state index in [4.69, 9.17) is 4.74 Å². The topological polar surface area (TPSA) is 41.6 Å². The molecular formula is C18H20N2O2. The average Bonchev–Trinajstić information content (AvgIpc) is 2.90. The van der Waals surface area contributed by atoms with E-state index in [2.05, 4.69) is 34.5 Å². The normalized spacial score (nSPS) is 18.4. The second-order valence-corrected chi connectivity index (χ2v) is 5.54. The number of carbonyl (C=O) groups excluding carboxylic acids is 1. The molecule has 1 N–H and O–H groups in total. The summed E-state index contributed by atoms with van der Waals surface area (Å²) >= 11 is 0. The largest absolute Gasteiger partial charge is 0.380 e. The molecule has 2 aromatic rings. The van der Waals surface area contributed by atoms with Gasteiger partial charge in [0.25, 0.3) is 0 Å². The number of hydrogen-bond acceptors (Lipinski definition) is 3. The van der Waals surface area contributed by atoms with Gasteiger partial charge < -0.3 is 10.1 Å². The molecule has 2 aromatic carbocycles. The molecule has 1 aliphatic rings. The molecule has 1 atom stereocenters. The lowest BCUT2D eigenvalue weighted by Gasteiger charge is -2.23. The summed E-state index contributed by atoms with van der Waals surface area (Å²) in [5, 5.41) is 3.05. The lowest BCUT2D eigenvalue weighted by Crippen LogP contribution is -2.27. The fourth-order valence-corrected chi connectivity index (χ4v) is 2.79. The first-order valence-electron chi connectivity index (χ1n) is 7.41. The van der Waals surface area contributed by atoms with Crippen LogP contribution in [0.25, 0.3) is 0 Å². The summed E-state index contributed by atoms with van der Waals surface area (Å²) in [6.45, 7) is 1.79. The summed E-state index contributed by atoms with van der Waals surface area (Å²) in [5.74, 6) is 0.0712. The Morgan fingerprint density at radius 1 is 1.09 bits per heavy atom. The highest BCUT2D eigenvalue weighted by Crippen LogP contribution is 2.24. The first kappa shape index (κ1) is 14.8. The summed E-state index contributed by atoms with van der Waals surface area (Å²) in [5.41, 5.74) is 3.44. The third-order valence-electron chi connectivity index (χ3n) is 3.84. The SMILES string of the molecule is COCc1ccc([C@H]2NC(=O)CN2Cc2ccccc2)cc1. The third-order valence-corrected chi connectivity index (χ3v) is 3.84. The summed E-state index contributed by atoms with van der Waals surface area (Å²) in [7, 11) is 1.69. The molecule has 1 saturated heterocycles. The molecule has 1 fully saturated rings. The number of amides is 1. The van der Waals surface area contributed by atoms with E-state index in [-0.39, 0.29) is 12.1 Å². The van der Waals surface area contributed by atoms with E-state index in [0.29, 0.717) is 13.2 Å². The highest BCUT2D eigenvalue weighted by Gasteiger charge is 2.30. The molecule has 1 heterocycles. The average molecular weight is 296 g/mol. The molecule has 0 bridgehead atoms. The van der Waals surface area contributed by atoms with Gasteiger partial charge in [0.1, 0.15) is 6.17 Å². The molecule has 3 rings (SSSR count). The molecule has 1 aliphatic heterocycles. The Hall–Kier alpha value is -2.17. The maximum Gasteiger partial charge on any atom is 0.235 e. The van der Waals surface area contributed by atoms with Crippen LogP contribution in [-0.4, -0.2) is 24.5 Å². The van der Waals surface area contributed by atoms with Gasteiger partial charge in [-0.05, 0) is 16.7 Å². The minimum absolute atomic E-state index is 0.0655. The van der Waals surface area contributed by atoms with E-state index >= 15 is 0 Å². The van der Waals surface area contributed by atoms with Crippen molar-refractivity contribution in [2.75, 3.05) is 13.7 Å². The Morgan fingerprint density at radius 3 is 2.50 bits per heavy atom. The van der Waals surface area contributed by atoms with E-state index in [1.54, 1.807) is 7.11 Å². The first-order valence-corrected chi connectivity index (χ1v) is 7.41. The molecule has 0 aromatic heterocycles. The van der Waals surface area contributed by atoms with Gasteiger partial charge in [-0.2, -0.15) is 0 Å². The summed E-state index contributed by atoms with van der Waals surface area (Å²) in [4.78, 5) is 14.0. The molecule has 0 saturated carbocycles. The van der Waals surface area contributed by atoms with Crippen molar-refractivity contribution >= 4 is 5.91 Å². The molecule has 4 heteroatoms. The van der Waals surface area contributed by atoms with Crippen LogP contribution in [-0.2, 0) is 22.7 Å². The standard InChI is InChI=1S/C18H20N2O2/c1-22-13-15-7-9-16(10-8-15)18-19-17(21)12-20(18)11-14-5-3-2-4-6-14/h2-10,18H,11-13H2,1H3,(H,19,21)/t18-/m0/s1. The van der Waals surface area contributed by atoms with Crippen LogP contribution in [0.1, 0.15) is 22.9 Å². The molecular weight excluding hydrogens is 276 g/mol. The Labute approximate surface area is 130 Å². The predicted molar refractivity (Wildman–Crippen MR) is 84.9 cm³/mol. The zero-order valence-corrected chi connectivity index (χ0v) is 12.7. The van der Waals surface area contributed by atoms with Crippen molar-refractivity contribution in [3.63, 3.8) is 0 Å². The Morgan fingerprint density at radius 2 is 1.82 bits per heavy atom. The molecule has 0 aliphatic carbocycles. The number of ether oxygens (including phenoxy) is 1. The zero-order chi connectivity index (χ0) is 15.4. The highest BCUT2D eigenvalue weighted by atomic mass is 16.5. The second-order valence-electron chi connectivity index (χ2n) is 5.54. The zero-order valence-electron chi connectivity index (χ0n) is 12.7. The second kappa shape index (κ2) is 6.73. The third kappa shape index (κ3) is 3.35. The van der Waals surface area contributed by atoms with E-state index in [1.807, 2.05) is 30.3 Å². The van der Waals surface area contributed by atoms with Gasteiger partial charge in [-0.1, -0.05) is 54.6 Å². The fourth-order valence-electron chi connectivity index (χ4n) is 2.79. The van der Waals surface area contributed by atoms with Gasteiger partial charge in [0.05, 0.1) is 13.2 Å². The number of methoxy groups -OCH3 is 1. The van der Waals surface area contributed by atoms with Crippen molar-refractivity contribution < 1.29 is 9.53 Å². The first-order chi connectivity index (χ1) is 10.8. The predicted octanol–water partition coefficient (Wildman–Crippen LogP) is 2.46. The molecule has 1 amide bonds. The van der Waals surface area contributed by atoms with Crippen LogP contribution in [0, 0.1) is 0 Å². The molecule has 4 nitrogen and oxygen atoms in total. The van der Waals surface area contributed by atoms with Crippen molar-refractivity contribution in [2.45, 2.75) is 19.3 Å². The van der Waals surface area contributed by atoms with Gasteiger partial charge >= 0.3 is 0 Å². The molecule has 0 radical (unpaired) electrons. The van der Waals surface area contributed by atoms with Gasteiger partial charge in [-0.15, -0.1) is 0 Å². The summed E-state index contributed by atoms with van der Waals surface area (Å²) in [6.07, 6.45) is -0.0655. The van der Waals surface area contributed by atoms with Crippen LogP contribution in [0.3, 0.4) is 0 Å². The highest BCUT2D eigenvalue weighted by molar-refractivity contribution is 5.80. The minimum atomic E-state index is -0.0655. The van der Waals surface area contributed by atoms with Gasteiger partial charge in [0, 0.05) is 13.7 Å². The van der Waals surface area contributed by atoms with Gasteiger partial charge in [0.15, 0.2) is 0 Å². The molecule has 0 spiro atoms. The Kier molecular flexibility index (Phi) is 4.51. The molecule has 0 unspecified atom stereocenters. The van der Waals surface area contributed by atoms with Crippen molar-refractivity contribution in [1.29, 1.82) is 0 Å². The minimum Gasteiger partial charge on any atom is -0.380 e.